The molecule has 1 saturated heterocycles. The van der Waals surface area contributed by atoms with Gasteiger partial charge in [0.15, 0.2) is 5.78 Å². The summed E-state index contributed by atoms with van der Waals surface area (Å²) in [5.74, 6) is 0.958. The largest absolute Gasteiger partial charge is 0.374 e. The molecule has 0 aromatic heterocycles. The Hall–Kier alpha value is -0.410. The second-order valence-corrected chi connectivity index (χ2v) is 3.57. The Labute approximate surface area is 79.8 Å². The molecule has 0 amide bonds. The minimum Gasteiger partial charge on any atom is -0.374 e. The lowest BCUT2D eigenvalue weighted by Gasteiger charge is -2.06. The van der Waals surface area contributed by atoms with Gasteiger partial charge >= 0.3 is 0 Å². The van der Waals surface area contributed by atoms with E-state index >= 15 is 0 Å². The predicted octanol–water partition coefficient (Wildman–Crippen LogP) is 0.982. The van der Waals surface area contributed by atoms with Crippen LogP contribution in [0.5, 0.6) is 0 Å². The topological polar surface area (TPSA) is 38.3 Å². The summed E-state index contributed by atoms with van der Waals surface area (Å²) in [6.07, 6.45) is 2.94. The van der Waals surface area contributed by atoms with Gasteiger partial charge < -0.3 is 10.1 Å². The van der Waals surface area contributed by atoms with Crippen molar-refractivity contribution in [2.45, 2.75) is 26.2 Å². The van der Waals surface area contributed by atoms with E-state index in [-0.39, 0.29) is 5.78 Å². The third kappa shape index (κ3) is 4.39. The van der Waals surface area contributed by atoms with Gasteiger partial charge in [-0.3, -0.25) is 4.79 Å². The fourth-order valence-corrected chi connectivity index (χ4v) is 1.61. The molecule has 76 valence electrons. The van der Waals surface area contributed by atoms with E-state index in [0.29, 0.717) is 25.6 Å². The van der Waals surface area contributed by atoms with Crippen molar-refractivity contribution < 1.29 is 9.53 Å². The standard InChI is InChI=1S/C10H19NO2/c1-2-13-8-10(12)4-3-9-5-6-11-7-9/h9,11H,2-8H2,1H3. The number of hydrogen-bond acceptors (Lipinski definition) is 3. The number of carbonyl (C=O) groups is 1. The third-order valence-electron chi connectivity index (χ3n) is 2.46. The van der Waals surface area contributed by atoms with Gasteiger partial charge in [0.25, 0.3) is 0 Å². The number of nitrogens with one attached hydrogen (secondary N) is 1. The summed E-state index contributed by atoms with van der Waals surface area (Å²) < 4.78 is 5.05. The van der Waals surface area contributed by atoms with Crippen molar-refractivity contribution in [2.24, 2.45) is 5.92 Å². The molecule has 1 aliphatic heterocycles. The van der Waals surface area contributed by atoms with Crippen molar-refractivity contribution in [3.05, 3.63) is 0 Å². The third-order valence-corrected chi connectivity index (χ3v) is 2.46. The number of hydrogen-bond donors (Lipinski definition) is 1. The Morgan fingerprint density at radius 2 is 2.46 bits per heavy atom. The number of ether oxygens (including phenoxy) is 1. The SMILES string of the molecule is CCOCC(=O)CCC1CCNC1. The van der Waals surface area contributed by atoms with Gasteiger partial charge in [0, 0.05) is 13.0 Å². The Balaban J connectivity index is 2.00. The van der Waals surface area contributed by atoms with Crippen molar-refractivity contribution in [3.63, 3.8) is 0 Å². The van der Waals surface area contributed by atoms with Crippen molar-refractivity contribution >= 4 is 5.78 Å². The second-order valence-electron chi connectivity index (χ2n) is 3.57. The number of Topliss-reactive ketones (excluding diaryl/α,β-unsaturated/α-hetero) is 1. The minimum atomic E-state index is 0.244. The summed E-state index contributed by atoms with van der Waals surface area (Å²) in [6, 6.07) is 0. The Morgan fingerprint density at radius 3 is 3.08 bits per heavy atom. The average molecular weight is 185 g/mol. The van der Waals surface area contributed by atoms with Crippen LogP contribution in [-0.2, 0) is 9.53 Å². The molecule has 1 atom stereocenters. The first-order valence-electron chi connectivity index (χ1n) is 5.13. The first kappa shape index (κ1) is 10.7. The van der Waals surface area contributed by atoms with Gasteiger partial charge in [-0.05, 0) is 38.8 Å². The van der Waals surface area contributed by atoms with Gasteiger partial charge in [0.2, 0.25) is 0 Å². The molecule has 1 fully saturated rings. The first-order valence-corrected chi connectivity index (χ1v) is 5.13. The van der Waals surface area contributed by atoms with Crippen LogP contribution in [0.15, 0.2) is 0 Å². The first-order chi connectivity index (χ1) is 6.33. The molecular weight excluding hydrogens is 166 g/mol. The van der Waals surface area contributed by atoms with Gasteiger partial charge in [0.05, 0.1) is 0 Å². The molecule has 0 aromatic rings. The second kappa shape index (κ2) is 6.11. The molecule has 13 heavy (non-hydrogen) atoms. The average Bonchev–Trinajstić information content (AvgIpc) is 2.64. The molecule has 1 unspecified atom stereocenters. The van der Waals surface area contributed by atoms with E-state index < -0.39 is 0 Å². The summed E-state index contributed by atoms with van der Waals surface area (Å²) in [5.41, 5.74) is 0. The lowest BCUT2D eigenvalue weighted by molar-refractivity contribution is -0.123. The van der Waals surface area contributed by atoms with Gasteiger partial charge in [-0.1, -0.05) is 0 Å². The molecule has 1 heterocycles. The van der Waals surface area contributed by atoms with E-state index in [4.69, 9.17) is 4.74 Å². The van der Waals surface area contributed by atoms with Crippen molar-refractivity contribution in [3.8, 4) is 0 Å². The van der Waals surface area contributed by atoms with Crippen LogP contribution in [0.4, 0.5) is 0 Å². The molecule has 1 N–H and O–H groups in total. The molecular formula is C10H19NO2. The maximum Gasteiger partial charge on any atom is 0.158 e. The minimum absolute atomic E-state index is 0.244. The molecule has 0 bridgehead atoms. The van der Waals surface area contributed by atoms with E-state index in [0.717, 1.165) is 19.5 Å². The molecule has 1 rings (SSSR count). The van der Waals surface area contributed by atoms with Crippen molar-refractivity contribution in [1.29, 1.82) is 0 Å². The summed E-state index contributed by atoms with van der Waals surface area (Å²) >= 11 is 0. The zero-order valence-electron chi connectivity index (χ0n) is 8.34. The van der Waals surface area contributed by atoms with E-state index in [1.807, 2.05) is 6.92 Å². The molecule has 0 spiro atoms. The summed E-state index contributed by atoms with van der Waals surface area (Å²) in [5, 5.41) is 3.30. The number of rotatable bonds is 6. The molecule has 0 radical (unpaired) electrons. The highest BCUT2D eigenvalue weighted by molar-refractivity contribution is 5.79. The zero-order valence-corrected chi connectivity index (χ0v) is 8.34. The van der Waals surface area contributed by atoms with Gasteiger partial charge in [-0.15, -0.1) is 0 Å². The van der Waals surface area contributed by atoms with Crippen LogP contribution < -0.4 is 5.32 Å². The lowest BCUT2D eigenvalue weighted by Crippen LogP contribution is -2.13. The Morgan fingerprint density at radius 1 is 1.62 bits per heavy atom. The number of ketones is 1. The van der Waals surface area contributed by atoms with Crippen LogP contribution in [-0.4, -0.2) is 32.1 Å². The quantitative estimate of drug-likeness (QED) is 0.670. The molecule has 3 heteroatoms. The summed E-state index contributed by atoms with van der Waals surface area (Å²) in [4.78, 5) is 11.2. The van der Waals surface area contributed by atoms with Crippen LogP contribution in [0, 0.1) is 5.92 Å². The molecule has 0 aliphatic carbocycles. The van der Waals surface area contributed by atoms with Gasteiger partial charge in [0.1, 0.15) is 6.61 Å². The van der Waals surface area contributed by atoms with Crippen LogP contribution >= 0.6 is 0 Å². The fraction of sp³-hybridized carbons (Fsp3) is 0.900. The summed E-state index contributed by atoms with van der Waals surface area (Å²) in [7, 11) is 0. The fourth-order valence-electron chi connectivity index (χ4n) is 1.61. The highest BCUT2D eigenvalue weighted by Crippen LogP contribution is 2.14. The van der Waals surface area contributed by atoms with Crippen LogP contribution in [0.3, 0.4) is 0 Å². The molecule has 1 aliphatic rings. The van der Waals surface area contributed by atoms with E-state index in [1.54, 1.807) is 0 Å². The number of carbonyl (C=O) groups excluding carboxylic acids is 1. The Bertz CT molecular complexity index is 153. The predicted molar refractivity (Wildman–Crippen MR) is 51.7 cm³/mol. The summed E-state index contributed by atoms with van der Waals surface area (Å²) in [6.45, 7) is 5.05. The van der Waals surface area contributed by atoms with Crippen LogP contribution in [0.1, 0.15) is 26.2 Å². The smallest absolute Gasteiger partial charge is 0.158 e. The van der Waals surface area contributed by atoms with Crippen LogP contribution in [0.2, 0.25) is 0 Å². The zero-order chi connectivity index (χ0) is 9.52. The van der Waals surface area contributed by atoms with Gasteiger partial charge in [-0.2, -0.15) is 0 Å². The van der Waals surface area contributed by atoms with Gasteiger partial charge in [-0.25, -0.2) is 0 Å². The highest BCUT2D eigenvalue weighted by atomic mass is 16.5. The lowest BCUT2D eigenvalue weighted by atomic mass is 10.0. The molecule has 0 aromatic carbocycles. The van der Waals surface area contributed by atoms with E-state index in [9.17, 15) is 4.79 Å². The normalized spacial score (nSPS) is 22.1. The Kier molecular flexibility index (Phi) is 5.01. The molecule has 0 saturated carbocycles. The monoisotopic (exact) mass is 185 g/mol. The van der Waals surface area contributed by atoms with E-state index in [1.165, 1.54) is 6.42 Å². The maximum atomic E-state index is 11.2. The van der Waals surface area contributed by atoms with Crippen LogP contribution in [0.25, 0.3) is 0 Å². The van der Waals surface area contributed by atoms with E-state index in [2.05, 4.69) is 5.32 Å². The maximum absolute atomic E-state index is 11.2. The van der Waals surface area contributed by atoms with Crippen molar-refractivity contribution in [2.75, 3.05) is 26.3 Å². The van der Waals surface area contributed by atoms with Crippen molar-refractivity contribution in [1.82, 2.24) is 5.32 Å². The molecule has 3 nitrogen and oxygen atoms in total. The highest BCUT2D eigenvalue weighted by Gasteiger charge is 2.15.